The van der Waals surface area contributed by atoms with E-state index in [1.807, 2.05) is 42.5 Å². The van der Waals surface area contributed by atoms with Crippen molar-refractivity contribution in [1.82, 2.24) is 20.2 Å². The lowest BCUT2D eigenvalue weighted by atomic mass is 10.2. The Labute approximate surface area is 179 Å². The van der Waals surface area contributed by atoms with Gasteiger partial charge in [-0.2, -0.15) is 0 Å². The smallest absolute Gasteiger partial charge is 0.231 e. The minimum atomic E-state index is -0.0505. The van der Waals surface area contributed by atoms with Crippen molar-refractivity contribution in [1.29, 1.82) is 0 Å². The van der Waals surface area contributed by atoms with E-state index in [1.165, 1.54) is 16.4 Å². The average Bonchev–Trinajstić information content (AvgIpc) is 3.33. The molecule has 29 heavy (non-hydrogen) atoms. The number of nitrogen functional groups attached to an aromatic ring is 1. The maximum Gasteiger partial charge on any atom is 0.231 e. The Balaban J connectivity index is 1.26. The van der Waals surface area contributed by atoms with Gasteiger partial charge in [0, 0.05) is 28.8 Å². The predicted molar refractivity (Wildman–Crippen MR) is 113 cm³/mol. The molecule has 0 radical (unpaired) electrons. The summed E-state index contributed by atoms with van der Waals surface area (Å²) in [7, 11) is 0. The van der Waals surface area contributed by atoms with Crippen molar-refractivity contribution in [2.75, 3.05) is 18.4 Å². The van der Waals surface area contributed by atoms with Gasteiger partial charge in [-0.05, 0) is 29.8 Å². The van der Waals surface area contributed by atoms with Crippen LogP contribution >= 0.6 is 27.7 Å². The minimum absolute atomic E-state index is 0.0505. The third kappa shape index (κ3) is 4.65. The number of carbonyl (C=O) groups is 1. The van der Waals surface area contributed by atoms with Crippen molar-refractivity contribution in [3.63, 3.8) is 0 Å². The molecule has 1 aliphatic rings. The van der Waals surface area contributed by atoms with Crippen molar-refractivity contribution in [3.8, 4) is 22.9 Å². The maximum absolute atomic E-state index is 12.1. The predicted octanol–water partition coefficient (Wildman–Crippen LogP) is 2.95. The molecular weight excluding hydrogens is 458 g/mol. The van der Waals surface area contributed by atoms with E-state index in [0.717, 1.165) is 21.3 Å². The van der Waals surface area contributed by atoms with Crippen LogP contribution in [-0.2, 0) is 11.3 Å². The summed E-state index contributed by atoms with van der Waals surface area (Å²) in [6, 6.07) is 13.3. The van der Waals surface area contributed by atoms with E-state index >= 15 is 0 Å². The van der Waals surface area contributed by atoms with Crippen LogP contribution < -0.4 is 20.6 Å². The van der Waals surface area contributed by atoms with Crippen molar-refractivity contribution in [3.05, 3.63) is 52.5 Å². The largest absolute Gasteiger partial charge is 0.454 e. The summed E-state index contributed by atoms with van der Waals surface area (Å²) < 4.78 is 13.0. The highest BCUT2D eigenvalue weighted by Gasteiger charge is 2.15. The van der Waals surface area contributed by atoms with Gasteiger partial charge in [0.1, 0.15) is 0 Å². The molecule has 0 bridgehead atoms. The van der Waals surface area contributed by atoms with Gasteiger partial charge in [-0.1, -0.05) is 45.9 Å². The molecule has 2 aromatic carbocycles. The Bertz CT molecular complexity index is 1040. The number of amides is 1. The zero-order valence-electron chi connectivity index (χ0n) is 15.3. The number of thioether (sulfide) groups is 1. The number of nitrogens with zero attached hydrogens (tertiary/aromatic N) is 3. The Morgan fingerprint density at radius 1 is 1.21 bits per heavy atom. The van der Waals surface area contributed by atoms with Gasteiger partial charge in [0.2, 0.25) is 17.9 Å². The summed E-state index contributed by atoms with van der Waals surface area (Å²) in [5.74, 6) is 8.61. The molecule has 3 aromatic rings. The number of nitrogens with two attached hydrogens (primary N) is 1. The summed E-state index contributed by atoms with van der Waals surface area (Å²) in [5.41, 5.74) is 1.82. The molecule has 3 N–H and O–H groups in total. The van der Waals surface area contributed by atoms with Gasteiger partial charge in [-0.15, -0.1) is 10.2 Å². The number of nitrogens with one attached hydrogen (secondary N) is 1. The molecule has 0 saturated heterocycles. The molecule has 0 saturated carbocycles. The SMILES string of the molecule is Nn1c(SCCC(=O)NCc2ccc3c(c2)OCO3)nnc1-c1cccc(Br)c1. The normalized spacial score (nSPS) is 12.2. The first-order valence-electron chi connectivity index (χ1n) is 8.84. The topological polar surface area (TPSA) is 104 Å². The number of benzene rings is 2. The lowest BCUT2D eigenvalue weighted by Crippen LogP contribution is -2.23. The molecule has 10 heteroatoms. The van der Waals surface area contributed by atoms with Gasteiger partial charge < -0.3 is 20.6 Å². The van der Waals surface area contributed by atoms with Crippen LogP contribution in [0.2, 0.25) is 0 Å². The summed E-state index contributed by atoms with van der Waals surface area (Å²) in [6.07, 6.45) is 0.342. The number of ether oxygens (including phenoxy) is 2. The number of hydrogen-bond donors (Lipinski definition) is 2. The molecule has 8 nitrogen and oxygen atoms in total. The fourth-order valence-corrected chi connectivity index (χ4v) is 3.97. The molecule has 0 unspecified atom stereocenters. The van der Waals surface area contributed by atoms with Crippen molar-refractivity contribution in [2.45, 2.75) is 18.1 Å². The van der Waals surface area contributed by atoms with Crippen LogP contribution in [0.15, 0.2) is 52.1 Å². The van der Waals surface area contributed by atoms with Gasteiger partial charge in [-0.25, -0.2) is 4.68 Å². The van der Waals surface area contributed by atoms with Crippen molar-refractivity contribution in [2.24, 2.45) is 0 Å². The van der Waals surface area contributed by atoms with Gasteiger partial charge in [-0.3, -0.25) is 4.79 Å². The van der Waals surface area contributed by atoms with Crippen molar-refractivity contribution < 1.29 is 14.3 Å². The quantitative estimate of drug-likeness (QED) is 0.399. The Morgan fingerprint density at radius 3 is 2.93 bits per heavy atom. The number of halogens is 1. The maximum atomic E-state index is 12.1. The molecule has 0 spiro atoms. The zero-order valence-corrected chi connectivity index (χ0v) is 17.7. The van der Waals surface area contributed by atoms with E-state index in [4.69, 9.17) is 15.3 Å². The fourth-order valence-electron chi connectivity index (χ4n) is 2.77. The standard InChI is InChI=1S/C19H18BrN5O3S/c20-14-3-1-2-13(9-14)18-23-24-19(25(18)21)29-7-6-17(26)22-10-12-4-5-15-16(8-12)28-11-27-15/h1-5,8-9H,6-7,10-11,21H2,(H,22,26). The van der Waals surface area contributed by atoms with Crippen LogP contribution in [0.3, 0.4) is 0 Å². The average molecular weight is 476 g/mol. The van der Waals surface area contributed by atoms with E-state index in [0.29, 0.717) is 35.4 Å². The summed E-state index contributed by atoms with van der Waals surface area (Å²) in [5, 5.41) is 11.7. The number of fused-ring (bicyclic) bond motifs is 1. The number of hydrogen-bond acceptors (Lipinski definition) is 7. The summed E-state index contributed by atoms with van der Waals surface area (Å²) in [4.78, 5) is 12.1. The molecular formula is C19H18BrN5O3S. The lowest BCUT2D eigenvalue weighted by Gasteiger charge is -2.07. The molecule has 150 valence electrons. The van der Waals surface area contributed by atoms with Gasteiger partial charge in [0.25, 0.3) is 0 Å². The minimum Gasteiger partial charge on any atom is -0.454 e. The fraction of sp³-hybridized carbons (Fsp3) is 0.211. The molecule has 1 aromatic heterocycles. The van der Waals surface area contributed by atoms with E-state index in [9.17, 15) is 4.79 Å². The molecule has 2 heterocycles. The lowest BCUT2D eigenvalue weighted by molar-refractivity contribution is -0.120. The first kappa shape index (κ1) is 19.6. The highest BCUT2D eigenvalue weighted by atomic mass is 79.9. The third-order valence-electron chi connectivity index (χ3n) is 4.23. The molecule has 0 atom stereocenters. The Kier molecular flexibility index (Phi) is 5.91. The number of rotatable bonds is 7. The first-order chi connectivity index (χ1) is 14.1. The van der Waals surface area contributed by atoms with Crippen molar-refractivity contribution >= 4 is 33.6 Å². The second-order valence-corrected chi connectivity index (χ2v) is 8.23. The molecule has 1 aliphatic heterocycles. The third-order valence-corrected chi connectivity index (χ3v) is 5.67. The van der Waals surface area contributed by atoms with E-state index in [2.05, 4.69) is 31.4 Å². The van der Waals surface area contributed by atoms with Gasteiger partial charge in [0.15, 0.2) is 17.3 Å². The first-order valence-corrected chi connectivity index (χ1v) is 10.6. The molecule has 0 fully saturated rings. The van der Waals surface area contributed by atoms with E-state index < -0.39 is 0 Å². The van der Waals surface area contributed by atoms with E-state index in [1.54, 1.807) is 0 Å². The van der Waals surface area contributed by atoms with Crippen LogP contribution in [0, 0.1) is 0 Å². The Hall–Kier alpha value is -2.72. The molecule has 0 aliphatic carbocycles. The Morgan fingerprint density at radius 2 is 2.07 bits per heavy atom. The summed E-state index contributed by atoms with van der Waals surface area (Å²) >= 11 is 4.82. The van der Waals surface area contributed by atoms with Crippen LogP contribution in [-0.4, -0.2) is 33.3 Å². The highest BCUT2D eigenvalue weighted by Crippen LogP contribution is 2.32. The second kappa shape index (κ2) is 8.75. The van der Waals surface area contributed by atoms with Gasteiger partial charge >= 0.3 is 0 Å². The van der Waals surface area contributed by atoms with E-state index in [-0.39, 0.29) is 12.7 Å². The monoisotopic (exact) mass is 475 g/mol. The second-order valence-electron chi connectivity index (χ2n) is 6.25. The number of carbonyl (C=O) groups excluding carboxylic acids is 1. The van der Waals surface area contributed by atoms with Gasteiger partial charge in [0.05, 0.1) is 0 Å². The zero-order chi connectivity index (χ0) is 20.2. The molecule has 4 rings (SSSR count). The van der Waals surface area contributed by atoms with Crippen LogP contribution in [0.5, 0.6) is 11.5 Å². The molecule has 1 amide bonds. The van der Waals surface area contributed by atoms with Crippen LogP contribution in [0.4, 0.5) is 0 Å². The highest BCUT2D eigenvalue weighted by molar-refractivity contribution is 9.10. The summed E-state index contributed by atoms with van der Waals surface area (Å²) in [6.45, 7) is 0.664. The number of aromatic nitrogens is 3. The van der Waals surface area contributed by atoms with Crippen LogP contribution in [0.1, 0.15) is 12.0 Å². The van der Waals surface area contributed by atoms with Crippen LogP contribution in [0.25, 0.3) is 11.4 Å².